The Hall–Kier alpha value is -2.86. The van der Waals surface area contributed by atoms with Gasteiger partial charge in [0.05, 0.1) is 16.8 Å². The lowest BCUT2D eigenvalue weighted by molar-refractivity contribution is 0.131. The predicted octanol–water partition coefficient (Wildman–Crippen LogP) is 6.54. The number of fused-ring (bicyclic) bond motifs is 1. The molecule has 0 spiro atoms. The largest absolute Gasteiger partial charge is 0.488 e. The van der Waals surface area contributed by atoms with Crippen LogP contribution >= 0.6 is 0 Å². The summed E-state index contributed by atoms with van der Waals surface area (Å²) in [5.74, 6) is 0.784. The van der Waals surface area contributed by atoms with Gasteiger partial charge in [-0.2, -0.15) is 5.26 Å². The fraction of sp³-hybridized carbons (Fsp3) is 0.360. The average Bonchev–Trinajstić information content (AvgIpc) is 2.59. The van der Waals surface area contributed by atoms with E-state index in [0.29, 0.717) is 5.56 Å². The topological polar surface area (TPSA) is 45.9 Å². The van der Waals surface area contributed by atoms with Crippen molar-refractivity contribution < 1.29 is 4.74 Å². The third-order valence-corrected chi connectivity index (χ3v) is 4.33. The Kier molecular flexibility index (Phi) is 5.17. The Bertz CT molecular complexity index is 1030. The Morgan fingerprint density at radius 2 is 1.64 bits per heavy atom. The van der Waals surface area contributed by atoms with Crippen molar-refractivity contribution in [3.8, 4) is 22.9 Å². The van der Waals surface area contributed by atoms with E-state index in [4.69, 9.17) is 9.72 Å². The molecule has 3 aromatic rings. The first-order valence-electron chi connectivity index (χ1n) is 9.68. The van der Waals surface area contributed by atoms with E-state index in [1.54, 1.807) is 0 Å². The van der Waals surface area contributed by atoms with Crippen LogP contribution in [0.4, 0.5) is 0 Å². The van der Waals surface area contributed by atoms with Gasteiger partial charge in [-0.25, -0.2) is 0 Å². The lowest BCUT2D eigenvalue weighted by atomic mass is 9.86. The Morgan fingerprint density at radius 1 is 0.964 bits per heavy atom. The van der Waals surface area contributed by atoms with Crippen molar-refractivity contribution >= 4 is 10.9 Å². The highest BCUT2D eigenvalue weighted by Crippen LogP contribution is 2.37. The van der Waals surface area contributed by atoms with E-state index in [9.17, 15) is 5.26 Å². The maximum absolute atomic E-state index is 10.1. The minimum atomic E-state index is -0.293. The summed E-state index contributed by atoms with van der Waals surface area (Å²) in [6.45, 7) is 12.6. The van der Waals surface area contributed by atoms with Gasteiger partial charge in [0.25, 0.3) is 0 Å². The van der Waals surface area contributed by atoms with Crippen LogP contribution in [0.3, 0.4) is 0 Å². The number of hydrogen-bond acceptors (Lipinski definition) is 3. The lowest BCUT2D eigenvalue weighted by Gasteiger charge is -2.23. The summed E-state index contributed by atoms with van der Waals surface area (Å²) in [5, 5.41) is 11.0. The van der Waals surface area contributed by atoms with Crippen LogP contribution in [0.2, 0.25) is 0 Å². The first kappa shape index (κ1) is 19.9. The molecule has 0 saturated carbocycles. The molecule has 3 rings (SSSR count). The molecule has 0 bridgehead atoms. The molecule has 0 radical (unpaired) electrons. The molecule has 0 aliphatic rings. The summed E-state index contributed by atoms with van der Waals surface area (Å²) >= 11 is 0. The summed E-state index contributed by atoms with van der Waals surface area (Å²) in [7, 11) is 0. The first-order valence-corrected chi connectivity index (χ1v) is 9.68. The summed E-state index contributed by atoms with van der Waals surface area (Å²) in [6.07, 6.45) is 0.742. The average molecular weight is 373 g/mol. The van der Waals surface area contributed by atoms with Gasteiger partial charge < -0.3 is 4.74 Å². The number of ether oxygens (including phenoxy) is 1. The number of hydrogen-bond donors (Lipinski definition) is 0. The van der Waals surface area contributed by atoms with Gasteiger partial charge in [0.15, 0.2) is 0 Å². The smallest absolute Gasteiger partial charge is 0.120 e. The van der Waals surface area contributed by atoms with E-state index in [2.05, 4.69) is 26.8 Å². The molecular formula is C25H28N2O. The zero-order valence-corrected chi connectivity index (χ0v) is 17.6. The highest BCUT2D eigenvalue weighted by atomic mass is 16.5. The van der Waals surface area contributed by atoms with Crippen LogP contribution in [0, 0.1) is 16.7 Å². The minimum absolute atomic E-state index is 0.0372. The van der Waals surface area contributed by atoms with Gasteiger partial charge >= 0.3 is 0 Å². The van der Waals surface area contributed by atoms with E-state index in [-0.39, 0.29) is 11.0 Å². The molecule has 0 saturated heterocycles. The molecule has 28 heavy (non-hydrogen) atoms. The second-order valence-corrected chi connectivity index (χ2v) is 9.42. The number of pyridine rings is 1. The van der Waals surface area contributed by atoms with Crippen molar-refractivity contribution in [2.24, 2.45) is 5.41 Å². The molecule has 0 N–H and O–H groups in total. The third kappa shape index (κ3) is 4.51. The minimum Gasteiger partial charge on any atom is -0.488 e. The maximum atomic E-state index is 10.1. The van der Waals surface area contributed by atoms with Gasteiger partial charge in [0, 0.05) is 10.9 Å². The molecule has 0 aliphatic carbocycles. The first-order chi connectivity index (χ1) is 13.1. The standard InChI is InChI=1S/C25H28N2O/c1-24(2,3)15-22-20(16-26)23(17-10-8-7-9-11-17)19-14-18(28-25(4,5)6)12-13-21(19)27-22/h7-14H,15H2,1-6H3. The van der Waals surface area contributed by atoms with Gasteiger partial charge in [0.2, 0.25) is 0 Å². The maximum Gasteiger partial charge on any atom is 0.120 e. The fourth-order valence-corrected chi connectivity index (χ4v) is 3.37. The summed E-state index contributed by atoms with van der Waals surface area (Å²) in [4.78, 5) is 4.88. The molecular weight excluding hydrogens is 344 g/mol. The Labute approximate surface area is 168 Å². The monoisotopic (exact) mass is 372 g/mol. The Balaban J connectivity index is 2.33. The van der Waals surface area contributed by atoms with Crippen molar-refractivity contribution in [1.29, 1.82) is 5.26 Å². The molecule has 0 aliphatic heterocycles. The van der Waals surface area contributed by atoms with Crippen LogP contribution in [0.5, 0.6) is 5.75 Å². The molecule has 1 aromatic heterocycles. The van der Waals surface area contributed by atoms with Crippen molar-refractivity contribution in [2.75, 3.05) is 0 Å². The van der Waals surface area contributed by atoms with E-state index in [0.717, 1.165) is 39.9 Å². The number of aromatic nitrogens is 1. The van der Waals surface area contributed by atoms with E-state index >= 15 is 0 Å². The third-order valence-electron chi connectivity index (χ3n) is 4.33. The second-order valence-electron chi connectivity index (χ2n) is 9.42. The number of benzene rings is 2. The predicted molar refractivity (Wildman–Crippen MR) is 115 cm³/mol. The summed E-state index contributed by atoms with van der Waals surface area (Å²) in [5.41, 5.74) is 4.10. The summed E-state index contributed by atoms with van der Waals surface area (Å²) < 4.78 is 6.07. The van der Waals surface area contributed by atoms with Gasteiger partial charge in [-0.15, -0.1) is 0 Å². The van der Waals surface area contributed by atoms with Gasteiger partial charge in [-0.1, -0.05) is 51.1 Å². The molecule has 3 heteroatoms. The van der Waals surface area contributed by atoms with E-state index in [1.807, 2.05) is 69.3 Å². The normalized spacial score (nSPS) is 12.0. The molecule has 0 unspecified atom stereocenters. The van der Waals surface area contributed by atoms with Crippen molar-refractivity contribution in [1.82, 2.24) is 4.98 Å². The van der Waals surface area contributed by atoms with Crippen molar-refractivity contribution in [2.45, 2.75) is 53.6 Å². The van der Waals surface area contributed by atoms with Crippen LogP contribution in [0.1, 0.15) is 52.8 Å². The fourth-order valence-electron chi connectivity index (χ4n) is 3.37. The summed E-state index contributed by atoms with van der Waals surface area (Å²) in [6, 6.07) is 18.5. The second kappa shape index (κ2) is 7.28. The highest BCUT2D eigenvalue weighted by Gasteiger charge is 2.22. The van der Waals surface area contributed by atoms with Crippen LogP contribution < -0.4 is 4.74 Å². The zero-order chi connectivity index (χ0) is 20.5. The SMILES string of the molecule is CC(C)(C)Cc1nc2ccc(OC(C)(C)C)cc2c(-c2ccccc2)c1C#N. The lowest BCUT2D eigenvalue weighted by Crippen LogP contribution is -2.22. The van der Waals surface area contributed by atoms with E-state index < -0.39 is 0 Å². The number of nitriles is 1. The molecule has 0 fully saturated rings. The molecule has 3 nitrogen and oxygen atoms in total. The van der Waals surface area contributed by atoms with Gasteiger partial charge in [-0.05, 0) is 56.4 Å². The number of rotatable bonds is 3. The quantitative estimate of drug-likeness (QED) is 0.524. The zero-order valence-electron chi connectivity index (χ0n) is 17.6. The molecule has 144 valence electrons. The highest BCUT2D eigenvalue weighted by molar-refractivity contribution is 5.98. The van der Waals surface area contributed by atoms with Crippen LogP contribution in [0.15, 0.2) is 48.5 Å². The molecule has 2 aromatic carbocycles. The molecule has 1 heterocycles. The Morgan fingerprint density at radius 3 is 2.21 bits per heavy atom. The molecule has 0 atom stereocenters. The van der Waals surface area contributed by atoms with Crippen molar-refractivity contribution in [3.05, 3.63) is 59.8 Å². The van der Waals surface area contributed by atoms with Gasteiger partial charge in [-0.3, -0.25) is 4.98 Å². The van der Waals surface area contributed by atoms with Gasteiger partial charge in [0.1, 0.15) is 17.4 Å². The van der Waals surface area contributed by atoms with Crippen LogP contribution in [-0.4, -0.2) is 10.6 Å². The number of nitrogens with zero attached hydrogens (tertiary/aromatic N) is 2. The van der Waals surface area contributed by atoms with Crippen molar-refractivity contribution in [3.63, 3.8) is 0 Å². The van der Waals surface area contributed by atoms with E-state index in [1.165, 1.54) is 0 Å². The van der Waals surface area contributed by atoms with Crippen LogP contribution in [-0.2, 0) is 6.42 Å². The molecule has 0 amide bonds. The van der Waals surface area contributed by atoms with Crippen LogP contribution in [0.25, 0.3) is 22.0 Å².